The molecule has 1 aromatic heterocycles. The fourth-order valence-corrected chi connectivity index (χ4v) is 2.87. The zero-order valence-electron chi connectivity index (χ0n) is 12.2. The van der Waals surface area contributed by atoms with Gasteiger partial charge in [-0.15, -0.1) is 0 Å². The summed E-state index contributed by atoms with van der Waals surface area (Å²) in [4.78, 5) is 20.2. The van der Waals surface area contributed by atoms with Crippen LogP contribution >= 0.6 is 11.6 Å². The number of halogens is 1. The van der Waals surface area contributed by atoms with Crippen LogP contribution in [0.1, 0.15) is 12.8 Å². The van der Waals surface area contributed by atoms with E-state index in [1.807, 2.05) is 6.07 Å². The Kier molecular flexibility index (Phi) is 3.76. The normalized spacial score (nSPS) is 16.4. The molecule has 0 radical (unpaired) electrons. The topological polar surface area (TPSA) is 49.6 Å². The fourth-order valence-electron chi connectivity index (χ4n) is 2.71. The van der Waals surface area contributed by atoms with Gasteiger partial charge in [0.15, 0.2) is 5.58 Å². The highest BCUT2D eigenvalue weighted by Crippen LogP contribution is 2.28. The lowest BCUT2D eigenvalue weighted by Gasteiger charge is -2.31. The maximum atomic E-state index is 12.0. The molecule has 112 valence electrons. The summed E-state index contributed by atoms with van der Waals surface area (Å²) in [5.41, 5.74) is 1.50. The first-order valence-corrected chi connectivity index (χ1v) is 7.44. The third kappa shape index (κ3) is 2.83. The van der Waals surface area contributed by atoms with Gasteiger partial charge in [0.25, 0.3) is 6.01 Å². The van der Waals surface area contributed by atoms with Crippen molar-refractivity contribution in [1.82, 2.24) is 9.88 Å². The first kappa shape index (κ1) is 14.2. The van der Waals surface area contributed by atoms with Crippen molar-refractivity contribution in [2.24, 2.45) is 5.92 Å². The van der Waals surface area contributed by atoms with Crippen LogP contribution < -0.4 is 4.90 Å². The minimum atomic E-state index is 0.107. The smallest absolute Gasteiger partial charge is 0.298 e. The second-order valence-corrected chi connectivity index (χ2v) is 6.04. The molecule has 0 atom stereocenters. The van der Waals surface area contributed by atoms with Crippen LogP contribution in [0, 0.1) is 5.92 Å². The van der Waals surface area contributed by atoms with Crippen molar-refractivity contribution >= 4 is 34.6 Å². The van der Waals surface area contributed by atoms with Gasteiger partial charge in [-0.3, -0.25) is 4.79 Å². The number of nitrogens with zero attached hydrogens (tertiary/aromatic N) is 3. The predicted octanol–water partition coefficient (Wildman–Crippen LogP) is 2.79. The van der Waals surface area contributed by atoms with Gasteiger partial charge in [0.1, 0.15) is 5.52 Å². The highest BCUT2D eigenvalue weighted by Gasteiger charge is 2.28. The first-order valence-electron chi connectivity index (χ1n) is 7.07. The molecule has 0 saturated carbocycles. The van der Waals surface area contributed by atoms with Gasteiger partial charge >= 0.3 is 0 Å². The Morgan fingerprint density at radius 3 is 2.76 bits per heavy atom. The number of oxazole rings is 1. The molecule has 21 heavy (non-hydrogen) atoms. The van der Waals surface area contributed by atoms with E-state index in [0.29, 0.717) is 11.0 Å². The molecule has 1 aliphatic rings. The molecule has 0 N–H and O–H groups in total. The molecular formula is C15H18ClN3O2. The number of aromatic nitrogens is 1. The number of amides is 1. The summed E-state index contributed by atoms with van der Waals surface area (Å²) in [6.07, 6.45) is 1.66. The first-order chi connectivity index (χ1) is 10.0. The van der Waals surface area contributed by atoms with Crippen LogP contribution in [0.15, 0.2) is 22.6 Å². The number of benzene rings is 1. The highest BCUT2D eigenvalue weighted by molar-refractivity contribution is 6.31. The zero-order valence-corrected chi connectivity index (χ0v) is 12.9. The molecule has 1 saturated heterocycles. The van der Waals surface area contributed by atoms with E-state index < -0.39 is 0 Å². The lowest BCUT2D eigenvalue weighted by atomic mass is 9.96. The average Bonchev–Trinajstić information content (AvgIpc) is 2.89. The minimum absolute atomic E-state index is 0.107. The van der Waals surface area contributed by atoms with Gasteiger partial charge in [0.2, 0.25) is 5.91 Å². The van der Waals surface area contributed by atoms with Crippen LogP contribution in [0.3, 0.4) is 0 Å². The largest absolute Gasteiger partial charge is 0.423 e. The maximum absolute atomic E-state index is 12.0. The van der Waals surface area contributed by atoms with E-state index in [1.165, 1.54) is 0 Å². The van der Waals surface area contributed by atoms with Crippen molar-refractivity contribution in [1.29, 1.82) is 0 Å². The van der Waals surface area contributed by atoms with Crippen molar-refractivity contribution < 1.29 is 9.21 Å². The molecule has 1 aromatic carbocycles. The number of fused-ring (bicyclic) bond motifs is 1. The van der Waals surface area contributed by atoms with Crippen LogP contribution in [0.25, 0.3) is 11.1 Å². The van der Waals surface area contributed by atoms with E-state index >= 15 is 0 Å². The average molecular weight is 308 g/mol. The SMILES string of the molecule is CN(C)C(=O)C1CCN(c2nc3cc(Cl)ccc3o2)CC1. The van der Waals surface area contributed by atoms with Gasteiger partial charge < -0.3 is 14.2 Å². The monoisotopic (exact) mass is 307 g/mol. The van der Waals surface area contributed by atoms with Crippen LogP contribution in [0.2, 0.25) is 5.02 Å². The van der Waals surface area contributed by atoms with E-state index in [1.54, 1.807) is 31.1 Å². The van der Waals surface area contributed by atoms with E-state index in [0.717, 1.165) is 37.0 Å². The molecular weight excluding hydrogens is 290 g/mol. The second kappa shape index (κ2) is 5.56. The van der Waals surface area contributed by atoms with E-state index in [9.17, 15) is 4.79 Å². The van der Waals surface area contributed by atoms with Crippen LogP contribution in [-0.4, -0.2) is 43.0 Å². The molecule has 0 spiro atoms. The van der Waals surface area contributed by atoms with Crippen molar-refractivity contribution in [3.63, 3.8) is 0 Å². The predicted molar refractivity (Wildman–Crippen MR) is 82.7 cm³/mol. The zero-order chi connectivity index (χ0) is 15.0. The standard InChI is InChI=1S/C15H18ClN3O2/c1-18(2)14(20)10-5-7-19(8-6-10)15-17-12-9-11(16)3-4-13(12)21-15/h3-4,9-10H,5-8H2,1-2H3. The Bertz CT molecular complexity index is 660. The summed E-state index contributed by atoms with van der Waals surface area (Å²) in [5, 5.41) is 0.651. The summed E-state index contributed by atoms with van der Waals surface area (Å²) in [6, 6.07) is 6.03. The minimum Gasteiger partial charge on any atom is -0.423 e. The van der Waals surface area contributed by atoms with Crippen molar-refractivity contribution in [2.45, 2.75) is 12.8 Å². The van der Waals surface area contributed by atoms with Crippen molar-refractivity contribution in [2.75, 3.05) is 32.1 Å². The fraction of sp³-hybridized carbons (Fsp3) is 0.467. The Morgan fingerprint density at radius 2 is 2.10 bits per heavy atom. The van der Waals surface area contributed by atoms with Crippen LogP contribution in [0.4, 0.5) is 6.01 Å². The molecule has 2 heterocycles. The Labute approximate surface area is 128 Å². The van der Waals surface area contributed by atoms with Gasteiger partial charge in [-0.25, -0.2) is 0 Å². The lowest BCUT2D eigenvalue weighted by Crippen LogP contribution is -2.40. The maximum Gasteiger partial charge on any atom is 0.298 e. The number of carbonyl (C=O) groups is 1. The highest BCUT2D eigenvalue weighted by atomic mass is 35.5. The molecule has 2 aromatic rings. The summed E-state index contributed by atoms with van der Waals surface area (Å²) in [5.74, 6) is 0.314. The molecule has 1 aliphatic heterocycles. The summed E-state index contributed by atoms with van der Waals surface area (Å²) in [6.45, 7) is 1.57. The molecule has 1 fully saturated rings. The number of anilines is 1. The second-order valence-electron chi connectivity index (χ2n) is 5.60. The molecule has 1 amide bonds. The molecule has 6 heteroatoms. The van der Waals surface area contributed by atoms with Crippen LogP contribution in [0.5, 0.6) is 0 Å². The van der Waals surface area contributed by atoms with E-state index in [4.69, 9.17) is 16.0 Å². The number of hydrogen-bond acceptors (Lipinski definition) is 4. The Hall–Kier alpha value is -1.75. The van der Waals surface area contributed by atoms with Gasteiger partial charge in [0, 0.05) is 38.1 Å². The number of hydrogen-bond donors (Lipinski definition) is 0. The van der Waals surface area contributed by atoms with Crippen LogP contribution in [-0.2, 0) is 4.79 Å². The van der Waals surface area contributed by atoms with Crippen molar-refractivity contribution in [3.8, 4) is 0 Å². The summed E-state index contributed by atoms with van der Waals surface area (Å²) in [7, 11) is 3.61. The lowest BCUT2D eigenvalue weighted by molar-refractivity contribution is -0.133. The molecule has 3 rings (SSSR count). The van der Waals surface area contributed by atoms with E-state index in [-0.39, 0.29) is 11.8 Å². The number of carbonyl (C=O) groups excluding carboxylic acids is 1. The van der Waals surface area contributed by atoms with Gasteiger partial charge in [-0.1, -0.05) is 11.6 Å². The van der Waals surface area contributed by atoms with E-state index in [2.05, 4.69) is 9.88 Å². The van der Waals surface area contributed by atoms with Gasteiger partial charge in [-0.2, -0.15) is 4.98 Å². The third-order valence-electron chi connectivity index (χ3n) is 3.89. The quantitative estimate of drug-likeness (QED) is 0.856. The number of rotatable bonds is 2. The third-order valence-corrected chi connectivity index (χ3v) is 4.13. The molecule has 0 bridgehead atoms. The summed E-state index contributed by atoms with van der Waals surface area (Å²) >= 11 is 5.96. The summed E-state index contributed by atoms with van der Waals surface area (Å²) < 4.78 is 5.77. The van der Waals surface area contributed by atoms with Gasteiger partial charge in [0.05, 0.1) is 0 Å². The van der Waals surface area contributed by atoms with Crippen molar-refractivity contribution in [3.05, 3.63) is 23.2 Å². The molecule has 0 unspecified atom stereocenters. The Balaban J connectivity index is 1.72. The van der Waals surface area contributed by atoms with Gasteiger partial charge in [-0.05, 0) is 31.0 Å². The number of piperidine rings is 1. The molecule has 5 nitrogen and oxygen atoms in total. The Morgan fingerprint density at radius 1 is 1.38 bits per heavy atom. The molecule has 0 aliphatic carbocycles.